The first-order valence-corrected chi connectivity index (χ1v) is 4.88. The van der Waals surface area contributed by atoms with Crippen LogP contribution in [0.15, 0.2) is 12.1 Å². The summed E-state index contributed by atoms with van der Waals surface area (Å²) in [5, 5.41) is 0.812. The number of aromatic nitrogens is 1. The minimum atomic E-state index is -5.99. The average molecular weight is 309 g/mol. The van der Waals surface area contributed by atoms with Gasteiger partial charge < -0.3 is 5.32 Å². The number of halogens is 7. The van der Waals surface area contributed by atoms with E-state index in [0.29, 0.717) is 0 Å². The highest BCUT2D eigenvalue weighted by Crippen LogP contribution is 2.36. The number of rotatable bonds is 2. The summed E-state index contributed by atoms with van der Waals surface area (Å²) < 4.78 is 60.8. The first-order valence-electron chi connectivity index (χ1n) is 4.13. The van der Waals surface area contributed by atoms with Gasteiger partial charge in [0.2, 0.25) is 0 Å². The van der Waals surface area contributed by atoms with E-state index in [1.165, 1.54) is 5.32 Å². The van der Waals surface area contributed by atoms with Gasteiger partial charge in [-0.25, -0.2) is 4.98 Å². The van der Waals surface area contributed by atoms with E-state index >= 15 is 0 Å². The average Bonchev–Trinajstić information content (AvgIpc) is 2.13. The van der Waals surface area contributed by atoms with Crippen molar-refractivity contribution in [3.8, 4) is 0 Å². The molecule has 0 aromatic carbocycles. The number of amides is 1. The van der Waals surface area contributed by atoms with Crippen molar-refractivity contribution in [3.63, 3.8) is 0 Å². The minimum Gasteiger partial charge on any atom is -0.320 e. The van der Waals surface area contributed by atoms with Crippen molar-refractivity contribution in [2.45, 2.75) is 12.1 Å². The monoisotopic (exact) mass is 308 g/mol. The van der Waals surface area contributed by atoms with Gasteiger partial charge in [0.1, 0.15) is 10.3 Å². The largest absolute Gasteiger partial charge is 0.463 e. The van der Waals surface area contributed by atoms with Gasteiger partial charge >= 0.3 is 18.0 Å². The van der Waals surface area contributed by atoms with Gasteiger partial charge in [0.15, 0.2) is 0 Å². The van der Waals surface area contributed by atoms with Crippen molar-refractivity contribution in [2.24, 2.45) is 0 Å². The molecule has 0 saturated heterocycles. The van der Waals surface area contributed by atoms with Gasteiger partial charge in [-0.05, 0) is 12.1 Å². The molecule has 18 heavy (non-hydrogen) atoms. The fourth-order valence-corrected chi connectivity index (χ4v) is 1.34. The number of nitrogens with zero attached hydrogens (tertiary/aromatic N) is 1. The van der Waals surface area contributed by atoms with E-state index in [0.717, 1.165) is 12.1 Å². The first-order chi connectivity index (χ1) is 8.04. The van der Waals surface area contributed by atoms with Crippen molar-refractivity contribution >= 4 is 34.8 Å². The van der Waals surface area contributed by atoms with Crippen LogP contribution < -0.4 is 5.32 Å². The summed E-state index contributed by atoms with van der Waals surface area (Å²) in [4.78, 5) is 14.2. The first kappa shape index (κ1) is 14.9. The van der Waals surface area contributed by atoms with Crippen molar-refractivity contribution in [1.29, 1.82) is 0 Å². The maximum atomic E-state index is 12.6. The molecule has 0 atom stereocenters. The number of carbonyl (C=O) groups is 1. The summed E-state index contributed by atoms with van der Waals surface area (Å²) in [5.41, 5.74) is -0.422. The highest BCUT2D eigenvalue weighted by atomic mass is 35.5. The van der Waals surface area contributed by atoms with Gasteiger partial charge in [-0.15, -0.1) is 0 Å². The van der Waals surface area contributed by atoms with Crippen LogP contribution in [0.2, 0.25) is 10.3 Å². The lowest BCUT2D eigenvalue weighted by atomic mass is 10.3. The zero-order chi connectivity index (χ0) is 14.1. The summed E-state index contributed by atoms with van der Waals surface area (Å²) in [7, 11) is 0. The zero-order valence-corrected chi connectivity index (χ0v) is 9.67. The Bertz CT molecular complexity index is 457. The van der Waals surface area contributed by atoms with Crippen LogP contribution in [0, 0.1) is 0 Å². The molecule has 0 saturated carbocycles. The van der Waals surface area contributed by atoms with Crippen LogP contribution in [0.4, 0.5) is 27.6 Å². The smallest absolute Gasteiger partial charge is 0.320 e. The SMILES string of the molecule is O=C(Nc1cc(Cl)nc(Cl)c1)C(F)(F)C(F)(F)F. The second-order valence-corrected chi connectivity index (χ2v) is 3.80. The van der Waals surface area contributed by atoms with Crippen molar-refractivity contribution in [2.75, 3.05) is 5.32 Å². The third kappa shape index (κ3) is 3.20. The van der Waals surface area contributed by atoms with Gasteiger partial charge in [-0.3, -0.25) is 4.79 Å². The van der Waals surface area contributed by atoms with Crippen LogP contribution in [0.5, 0.6) is 0 Å². The molecule has 0 aliphatic carbocycles. The van der Waals surface area contributed by atoms with E-state index in [4.69, 9.17) is 23.2 Å². The van der Waals surface area contributed by atoms with Crippen LogP contribution >= 0.6 is 23.2 Å². The van der Waals surface area contributed by atoms with Crippen LogP contribution in [0.3, 0.4) is 0 Å². The molecule has 1 amide bonds. The summed E-state index contributed by atoms with van der Waals surface area (Å²) in [6.07, 6.45) is -5.99. The number of anilines is 1. The Hall–Kier alpha value is -1.15. The molecule has 0 unspecified atom stereocenters. The second-order valence-electron chi connectivity index (χ2n) is 3.03. The normalized spacial score (nSPS) is 12.4. The molecule has 0 aliphatic rings. The molecule has 1 rings (SSSR count). The highest BCUT2D eigenvalue weighted by molar-refractivity contribution is 6.33. The number of carbonyl (C=O) groups excluding carboxylic acids is 1. The molecule has 0 spiro atoms. The molecule has 1 aromatic heterocycles. The summed E-state index contributed by atoms with van der Waals surface area (Å²) >= 11 is 10.8. The van der Waals surface area contributed by atoms with Crippen LogP contribution in [0.1, 0.15) is 0 Å². The topological polar surface area (TPSA) is 42.0 Å². The zero-order valence-electron chi connectivity index (χ0n) is 8.16. The van der Waals surface area contributed by atoms with Crippen molar-refractivity contribution in [3.05, 3.63) is 22.4 Å². The molecule has 0 radical (unpaired) electrons. The Morgan fingerprint density at radius 1 is 1.11 bits per heavy atom. The molecule has 3 nitrogen and oxygen atoms in total. The third-order valence-corrected chi connectivity index (χ3v) is 2.05. The van der Waals surface area contributed by atoms with Gasteiger partial charge in [-0.1, -0.05) is 23.2 Å². The summed E-state index contributed by atoms with van der Waals surface area (Å²) in [5.74, 6) is -8.05. The molecular formula is C8H3Cl2F5N2O. The fourth-order valence-electron chi connectivity index (χ4n) is 0.875. The predicted octanol–water partition coefficient (Wildman–Crippen LogP) is 3.52. The lowest BCUT2D eigenvalue weighted by Gasteiger charge is -2.18. The molecule has 1 aromatic rings. The quantitative estimate of drug-likeness (QED) is 0.671. The number of hydrogen-bond donors (Lipinski definition) is 1. The van der Waals surface area contributed by atoms with E-state index in [2.05, 4.69) is 4.98 Å². The second kappa shape index (κ2) is 4.85. The highest BCUT2D eigenvalue weighted by Gasteiger charge is 2.63. The lowest BCUT2D eigenvalue weighted by Crippen LogP contribution is -2.47. The lowest BCUT2D eigenvalue weighted by molar-refractivity contribution is -0.267. The van der Waals surface area contributed by atoms with E-state index in [1.807, 2.05) is 0 Å². The van der Waals surface area contributed by atoms with E-state index in [-0.39, 0.29) is 10.3 Å². The Balaban J connectivity index is 2.95. The molecule has 0 bridgehead atoms. The van der Waals surface area contributed by atoms with Crippen molar-refractivity contribution < 1.29 is 26.7 Å². The van der Waals surface area contributed by atoms with E-state index in [9.17, 15) is 26.7 Å². The number of pyridine rings is 1. The van der Waals surface area contributed by atoms with Gasteiger partial charge in [0.05, 0.1) is 0 Å². The summed E-state index contributed by atoms with van der Waals surface area (Å²) in [6.45, 7) is 0. The maximum Gasteiger partial charge on any atom is 0.463 e. The predicted molar refractivity (Wildman–Crippen MR) is 53.9 cm³/mol. The summed E-state index contributed by atoms with van der Waals surface area (Å²) in [6, 6.07) is 1.75. The Kier molecular flexibility index (Phi) is 4.02. The number of alkyl halides is 5. The molecule has 1 N–H and O–H groups in total. The van der Waals surface area contributed by atoms with Crippen LogP contribution in [-0.4, -0.2) is 23.0 Å². The number of hydrogen-bond acceptors (Lipinski definition) is 2. The van der Waals surface area contributed by atoms with E-state index < -0.39 is 23.7 Å². The molecule has 0 fully saturated rings. The van der Waals surface area contributed by atoms with Crippen LogP contribution in [-0.2, 0) is 4.79 Å². The molecule has 0 aliphatic heterocycles. The van der Waals surface area contributed by atoms with Gasteiger partial charge in [0, 0.05) is 5.69 Å². The fraction of sp³-hybridized carbons (Fsp3) is 0.250. The standard InChI is InChI=1S/C8H3Cl2F5N2O/c9-4-1-3(2-5(10)17-4)16-6(18)7(11,12)8(13,14)15/h1-2H,(H,16,17,18). The van der Waals surface area contributed by atoms with Gasteiger partial charge in [-0.2, -0.15) is 22.0 Å². The minimum absolute atomic E-state index is 0.270. The number of nitrogens with one attached hydrogen (secondary N) is 1. The Morgan fingerprint density at radius 3 is 1.94 bits per heavy atom. The van der Waals surface area contributed by atoms with E-state index in [1.54, 1.807) is 0 Å². The van der Waals surface area contributed by atoms with Crippen LogP contribution in [0.25, 0.3) is 0 Å². The Morgan fingerprint density at radius 2 is 1.56 bits per heavy atom. The molecule has 100 valence electrons. The van der Waals surface area contributed by atoms with Gasteiger partial charge in [0.25, 0.3) is 0 Å². The maximum absolute atomic E-state index is 12.6. The van der Waals surface area contributed by atoms with Crippen molar-refractivity contribution in [1.82, 2.24) is 4.98 Å². The molecule has 1 heterocycles. The molecule has 10 heteroatoms. The molecular weight excluding hydrogens is 306 g/mol. The Labute approximate surface area is 107 Å². The third-order valence-electron chi connectivity index (χ3n) is 1.66.